The first-order chi connectivity index (χ1) is 14.3. The summed E-state index contributed by atoms with van der Waals surface area (Å²) < 4.78 is 40.3. The molecule has 1 N–H and O–H groups in total. The lowest BCUT2D eigenvalue weighted by atomic mass is 10.3. The summed E-state index contributed by atoms with van der Waals surface area (Å²) in [6.45, 7) is 1.76. The number of hydrogen-bond acceptors (Lipinski definition) is 6. The van der Waals surface area contributed by atoms with Crippen LogP contribution < -0.4 is 5.32 Å². The number of sulfone groups is 1. The molecule has 4 aromatic rings. The predicted molar refractivity (Wildman–Crippen MR) is 113 cm³/mol. The number of rotatable bonds is 6. The van der Waals surface area contributed by atoms with Gasteiger partial charge in [0.2, 0.25) is 11.0 Å². The van der Waals surface area contributed by atoms with Crippen LogP contribution in [0.1, 0.15) is 12.1 Å². The second-order valence-electron chi connectivity index (χ2n) is 6.62. The van der Waals surface area contributed by atoms with E-state index in [4.69, 9.17) is 0 Å². The van der Waals surface area contributed by atoms with Gasteiger partial charge in [-0.15, -0.1) is 0 Å². The Kier molecular flexibility index (Phi) is 5.35. The van der Waals surface area contributed by atoms with Crippen molar-refractivity contribution in [3.63, 3.8) is 0 Å². The van der Waals surface area contributed by atoms with E-state index in [9.17, 15) is 17.6 Å². The van der Waals surface area contributed by atoms with Crippen LogP contribution in [-0.4, -0.2) is 34.8 Å². The predicted octanol–water partition coefficient (Wildman–Crippen LogP) is 3.73. The summed E-state index contributed by atoms with van der Waals surface area (Å²) in [6.07, 6.45) is -0.202. The summed E-state index contributed by atoms with van der Waals surface area (Å²) in [6, 6.07) is 14.0. The van der Waals surface area contributed by atoms with E-state index in [0.717, 1.165) is 0 Å². The molecule has 154 valence electrons. The number of thiazole rings is 1. The number of nitrogens with zero attached hydrogens (tertiary/aromatic N) is 3. The van der Waals surface area contributed by atoms with Crippen molar-refractivity contribution in [2.45, 2.75) is 18.2 Å². The zero-order valence-electron chi connectivity index (χ0n) is 15.9. The number of aromatic nitrogens is 3. The Morgan fingerprint density at radius 2 is 1.93 bits per heavy atom. The maximum atomic E-state index is 13.5. The fourth-order valence-electron chi connectivity index (χ4n) is 2.89. The fraction of sp³-hybridized carbons (Fsp3) is 0.150. The molecule has 0 saturated carbocycles. The van der Waals surface area contributed by atoms with E-state index in [1.54, 1.807) is 37.3 Å². The Balaban J connectivity index is 1.52. The smallest absolute Gasteiger partial charge is 0.226 e. The molecule has 0 bridgehead atoms. The molecule has 0 atom stereocenters. The lowest BCUT2D eigenvalue weighted by Crippen LogP contribution is -2.19. The van der Waals surface area contributed by atoms with Crippen LogP contribution in [0.2, 0.25) is 0 Å². The molecule has 10 heteroatoms. The highest BCUT2D eigenvalue weighted by molar-refractivity contribution is 7.91. The number of hydrogen-bond donors (Lipinski definition) is 1. The normalized spacial score (nSPS) is 11.7. The molecule has 2 aromatic heterocycles. The lowest BCUT2D eigenvalue weighted by Gasteiger charge is -2.07. The molecule has 0 aliphatic rings. The number of fused-ring (bicyclic) bond motifs is 1. The Hall–Kier alpha value is -3.11. The average molecular weight is 445 g/mol. The van der Waals surface area contributed by atoms with Crippen molar-refractivity contribution in [3.05, 3.63) is 66.1 Å². The SMILES string of the molecule is Cc1cc(NC(=O)CCS(=O)(=O)c2ccccc2)n(-c2nc3ccc(F)cc3s2)n1. The molecule has 7 nitrogen and oxygen atoms in total. The lowest BCUT2D eigenvalue weighted by molar-refractivity contribution is -0.115. The van der Waals surface area contributed by atoms with Crippen LogP contribution >= 0.6 is 11.3 Å². The van der Waals surface area contributed by atoms with Crippen molar-refractivity contribution in [2.24, 2.45) is 0 Å². The molecule has 2 aromatic carbocycles. The highest BCUT2D eigenvalue weighted by Gasteiger charge is 2.18. The van der Waals surface area contributed by atoms with Crippen LogP contribution in [0.3, 0.4) is 0 Å². The average Bonchev–Trinajstić information content (AvgIpc) is 3.29. The van der Waals surface area contributed by atoms with Crippen LogP contribution in [0.5, 0.6) is 0 Å². The van der Waals surface area contributed by atoms with E-state index < -0.39 is 15.7 Å². The summed E-state index contributed by atoms with van der Waals surface area (Å²) in [7, 11) is -3.56. The minimum absolute atomic E-state index is 0.181. The van der Waals surface area contributed by atoms with E-state index in [1.807, 2.05) is 0 Å². The van der Waals surface area contributed by atoms with E-state index in [2.05, 4.69) is 15.4 Å². The maximum absolute atomic E-state index is 13.5. The topological polar surface area (TPSA) is 94.0 Å². The number of amides is 1. The van der Waals surface area contributed by atoms with Crippen LogP contribution in [0, 0.1) is 12.7 Å². The number of carbonyl (C=O) groups is 1. The van der Waals surface area contributed by atoms with Crippen molar-refractivity contribution >= 4 is 43.1 Å². The van der Waals surface area contributed by atoms with Gasteiger partial charge >= 0.3 is 0 Å². The molecular formula is C20H17FN4O3S2. The first-order valence-corrected chi connectivity index (χ1v) is 11.5. The molecule has 2 heterocycles. The quantitative estimate of drug-likeness (QED) is 0.489. The van der Waals surface area contributed by atoms with Gasteiger partial charge in [-0.2, -0.15) is 9.78 Å². The highest BCUT2D eigenvalue weighted by atomic mass is 32.2. The molecule has 1 amide bonds. The molecule has 0 aliphatic carbocycles. The molecule has 4 rings (SSSR count). The van der Waals surface area contributed by atoms with Crippen LogP contribution in [0.15, 0.2) is 59.5 Å². The van der Waals surface area contributed by atoms with Gasteiger partial charge in [0.1, 0.15) is 11.6 Å². The fourth-order valence-corrected chi connectivity index (χ4v) is 5.11. The first-order valence-electron chi connectivity index (χ1n) is 9.03. The molecule has 30 heavy (non-hydrogen) atoms. The minimum atomic E-state index is -3.56. The number of carbonyl (C=O) groups excluding carboxylic acids is 1. The monoisotopic (exact) mass is 444 g/mol. The number of anilines is 1. The Morgan fingerprint density at radius 1 is 1.17 bits per heavy atom. The summed E-state index contributed by atoms with van der Waals surface area (Å²) in [5, 5.41) is 7.51. The molecule has 0 fully saturated rings. The molecule has 0 saturated heterocycles. The van der Waals surface area contributed by atoms with Crippen molar-refractivity contribution < 1.29 is 17.6 Å². The van der Waals surface area contributed by atoms with Gasteiger partial charge in [0.05, 0.1) is 26.6 Å². The zero-order chi connectivity index (χ0) is 21.3. The largest absolute Gasteiger partial charge is 0.310 e. The first kappa shape index (κ1) is 20.2. The van der Waals surface area contributed by atoms with Crippen molar-refractivity contribution in [1.82, 2.24) is 14.8 Å². The second kappa shape index (κ2) is 7.96. The standard InChI is InChI=1S/C20H17FN4O3S2/c1-13-11-18(23-19(26)9-10-30(27,28)15-5-3-2-4-6-15)25(24-13)20-22-16-8-7-14(21)12-17(16)29-20/h2-8,11-12H,9-10H2,1H3,(H,23,26). The summed E-state index contributed by atoms with van der Waals surface area (Å²) in [5.41, 5.74) is 1.27. The maximum Gasteiger partial charge on any atom is 0.226 e. The third-order valence-electron chi connectivity index (χ3n) is 4.32. The van der Waals surface area contributed by atoms with Gasteiger partial charge in [0.25, 0.3) is 0 Å². The zero-order valence-corrected chi connectivity index (χ0v) is 17.5. The van der Waals surface area contributed by atoms with Crippen molar-refractivity contribution in [3.8, 4) is 5.13 Å². The summed E-state index contributed by atoms with van der Waals surface area (Å²) in [4.78, 5) is 17.0. The summed E-state index contributed by atoms with van der Waals surface area (Å²) in [5.74, 6) is -0.754. The minimum Gasteiger partial charge on any atom is -0.310 e. The molecule has 0 radical (unpaired) electrons. The number of aryl methyl sites for hydroxylation is 1. The second-order valence-corrected chi connectivity index (χ2v) is 9.74. The van der Waals surface area contributed by atoms with Gasteiger partial charge in [-0.25, -0.2) is 17.8 Å². The molecular weight excluding hydrogens is 427 g/mol. The third-order valence-corrected chi connectivity index (χ3v) is 7.05. The van der Waals surface area contributed by atoms with Crippen molar-refractivity contribution in [2.75, 3.05) is 11.1 Å². The molecule has 0 aliphatic heterocycles. The van der Waals surface area contributed by atoms with E-state index in [-0.39, 0.29) is 22.9 Å². The number of benzene rings is 2. The van der Waals surface area contributed by atoms with Crippen LogP contribution in [-0.2, 0) is 14.6 Å². The Bertz CT molecular complexity index is 1330. The Labute approximate surface area is 176 Å². The highest BCUT2D eigenvalue weighted by Crippen LogP contribution is 2.28. The van der Waals surface area contributed by atoms with Crippen LogP contribution in [0.25, 0.3) is 15.3 Å². The van der Waals surface area contributed by atoms with Crippen molar-refractivity contribution in [1.29, 1.82) is 0 Å². The van der Waals surface area contributed by atoms with E-state index >= 15 is 0 Å². The van der Waals surface area contributed by atoms with Gasteiger partial charge in [-0.1, -0.05) is 29.5 Å². The number of nitrogens with one attached hydrogen (secondary N) is 1. The van der Waals surface area contributed by atoms with Crippen LogP contribution in [0.4, 0.5) is 10.2 Å². The van der Waals surface area contributed by atoms with Gasteiger partial charge in [0.15, 0.2) is 9.84 Å². The van der Waals surface area contributed by atoms with Gasteiger partial charge in [0, 0.05) is 12.5 Å². The van der Waals surface area contributed by atoms with E-state index in [0.29, 0.717) is 26.9 Å². The number of halogens is 1. The summed E-state index contributed by atoms with van der Waals surface area (Å²) >= 11 is 1.24. The van der Waals surface area contributed by atoms with Gasteiger partial charge < -0.3 is 5.32 Å². The van der Waals surface area contributed by atoms with Gasteiger partial charge in [-0.3, -0.25) is 4.79 Å². The molecule has 0 unspecified atom stereocenters. The Morgan fingerprint density at radius 3 is 2.70 bits per heavy atom. The van der Waals surface area contributed by atoms with Gasteiger partial charge in [-0.05, 0) is 37.3 Å². The third kappa shape index (κ3) is 4.24. The van der Waals surface area contributed by atoms with E-state index in [1.165, 1.54) is 40.3 Å². The molecule has 0 spiro atoms.